The number of halogens is 1. The summed E-state index contributed by atoms with van der Waals surface area (Å²) in [6, 6.07) is 19.5. The third-order valence-electron chi connectivity index (χ3n) is 4.17. The summed E-state index contributed by atoms with van der Waals surface area (Å²) in [6.07, 6.45) is 3.52. The second kappa shape index (κ2) is 6.43. The molecule has 0 aliphatic heterocycles. The van der Waals surface area contributed by atoms with Crippen LogP contribution >= 0.6 is 11.6 Å². The van der Waals surface area contributed by atoms with Crippen LogP contribution in [0.2, 0.25) is 5.02 Å². The maximum absolute atomic E-state index is 6.24. The summed E-state index contributed by atoms with van der Waals surface area (Å²) in [5.41, 5.74) is 2.72. The average molecular weight is 286 g/mol. The van der Waals surface area contributed by atoms with Crippen molar-refractivity contribution in [2.45, 2.75) is 31.2 Å². The first-order valence-corrected chi connectivity index (χ1v) is 7.72. The third kappa shape index (κ3) is 3.23. The van der Waals surface area contributed by atoms with Crippen LogP contribution in [-0.4, -0.2) is 12.6 Å². The molecule has 3 rings (SSSR count). The van der Waals surface area contributed by atoms with Crippen molar-refractivity contribution >= 4 is 11.6 Å². The van der Waals surface area contributed by atoms with Crippen LogP contribution in [0.3, 0.4) is 0 Å². The van der Waals surface area contributed by atoms with Gasteiger partial charge >= 0.3 is 0 Å². The highest BCUT2D eigenvalue weighted by Gasteiger charge is 2.30. The normalized spacial score (nSPS) is 21.4. The van der Waals surface area contributed by atoms with Gasteiger partial charge < -0.3 is 5.32 Å². The smallest absolute Gasteiger partial charge is 0.0440 e. The molecule has 2 aromatic carbocycles. The topological polar surface area (TPSA) is 12.0 Å². The van der Waals surface area contributed by atoms with Crippen molar-refractivity contribution in [1.82, 2.24) is 5.32 Å². The zero-order chi connectivity index (χ0) is 13.8. The second-order valence-electron chi connectivity index (χ2n) is 5.58. The molecule has 1 saturated carbocycles. The van der Waals surface area contributed by atoms with Gasteiger partial charge in [0.2, 0.25) is 0 Å². The molecule has 0 saturated heterocycles. The first-order valence-electron chi connectivity index (χ1n) is 7.34. The van der Waals surface area contributed by atoms with E-state index in [2.05, 4.69) is 47.8 Å². The van der Waals surface area contributed by atoms with Gasteiger partial charge in [0.25, 0.3) is 0 Å². The fourth-order valence-electron chi connectivity index (χ4n) is 2.91. The molecule has 0 bridgehead atoms. The Balaban J connectivity index is 1.42. The molecule has 2 heteroatoms. The zero-order valence-corrected chi connectivity index (χ0v) is 12.3. The molecule has 0 atom stereocenters. The Morgan fingerprint density at radius 3 is 2.40 bits per heavy atom. The van der Waals surface area contributed by atoms with Crippen LogP contribution in [0, 0.1) is 0 Å². The van der Waals surface area contributed by atoms with E-state index in [0.29, 0.717) is 12.0 Å². The van der Waals surface area contributed by atoms with Crippen LogP contribution in [0.25, 0.3) is 0 Å². The summed E-state index contributed by atoms with van der Waals surface area (Å²) in [5.74, 6) is 0.637. The van der Waals surface area contributed by atoms with Crippen molar-refractivity contribution in [1.29, 1.82) is 0 Å². The Morgan fingerprint density at radius 2 is 1.65 bits per heavy atom. The molecule has 0 heterocycles. The lowest BCUT2D eigenvalue weighted by molar-refractivity contribution is 0.293. The van der Waals surface area contributed by atoms with Gasteiger partial charge in [0.1, 0.15) is 0 Å². The minimum atomic E-state index is 0.637. The monoisotopic (exact) mass is 285 g/mol. The van der Waals surface area contributed by atoms with Crippen LogP contribution in [-0.2, 0) is 6.42 Å². The van der Waals surface area contributed by atoms with Gasteiger partial charge in [0, 0.05) is 11.1 Å². The van der Waals surface area contributed by atoms with E-state index < -0.39 is 0 Å². The van der Waals surface area contributed by atoms with Crippen LogP contribution in [0.1, 0.15) is 29.9 Å². The predicted molar refractivity (Wildman–Crippen MR) is 85.4 cm³/mol. The van der Waals surface area contributed by atoms with Gasteiger partial charge in [0.05, 0.1) is 0 Å². The quantitative estimate of drug-likeness (QED) is 0.857. The van der Waals surface area contributed by atoms with E-state index in [-0.39, 0.29) is 0 Å². The Kier molecular flexibility index (Phi) is 4.39. The van der Waals surface area contributed by atoms with Crippen molar-refractivity contribution < 1.29 is 0 Å². The Hall–Kier alpha value is -1.31. The lowest BCUT2D eigenvalue weighted by atomic mass is 9.76. The molecule has 20 heavy (non-hydrogen) atoms. The van der Waals surface area contributed by atoms with Crippen molar-refractivity contribution in [3.8, 4) is 0 Å². The highest BCUT2D eigenvalue weighted by atomic mass is 35.5. The summed E-state index contributed by atoms with van der Waals surface area (Å²) in [5, 5.41) is 4.56. The van der Waals surface area contributed by atoms with E-state index in [1.54, 1.807) is 0 Å². The summed E-state index contributed by atoms with van der Waals surface area (Å²) >= 11 is 6.24. The minimum absolute atomic E-state index is 0.637. The van der Waals surface area contributed by atoms with Crippen molar-refractivity contribution in [3.63, 3.8) is 0 Å². The molecule has 2 aromatic rings. The van der Waals surface area contributed by atoms with Crippen LogP contribution in [0.15, 0.2) is 54.6 Å². The maximum atomic E-state index is 6.24. The van der Waals surface area contributed by atoms with Gasteiger partial charge in [-0.05, 0) is 48.9 Å². The molecule has 0 unspecified atom stereocenters. The molecule has 0 amide bonds. The van der Waals surface area contributed by atoms with Gasteiger partial charge in [0.15, 0.2) is 0 Å². The van der Waals surface area contributed by atoms with Crippen molar-refractivity contribution in [3.05, 3.63) is 70.7 Å². The van der Waals surface area contributed by atoms with Gasteiger partial charge in [-0.15, -0.1) is 0 Å². The first kappa shape index (κ1) is 13.7. The Bertz CT molecular complexity index is 546. The van der Waals surface area contributed by atoms with Gasteiger partial charge in [-0.25, -0.2) is 0 Å². The van der Waals surface area contributed by atoms with Crippen LogP contribution in [0.5, 0.6) is 0 Å². The van der Waals surface area contributed by atoms with E-state index in [1.165, 1.54) is 24.0 Å². The van der Waals surface area contributed by atoms with E-state index in [9.17, 15) is 0 Å². The SMILES string of the molecule is Clc1ccccc1C1CC(NCCc2ccccc2)C1. The standard InChI is InChI=1S/C18H20ClN/c19-18-9-5-4-8-17(18)15-12-16(13-15)20-11-10-14-6-2-1-3-7-14/h1-9,15-16,20H,10-13H2. The van der Waals surface area contributed by atoms with Gasteiger partial charge in [-0.1, -0.05) is 60.1 Å². The van der Waals surface area contributed by atoms with Crippen molar-refractivity contribution in [2.24, 2.45) is 0 Å². The Labute approximate surface area is 126 Å². The highest BCUT2D eigenvalue weighted by Crippen LogP contribution is 2.39. The molecule has 1 aliphatic rings. The van der Waals surface area contributed by atoms with E-state index >= 15 is 0 Å². The van der Waals surface area contributed by atoms with Crippen molar-refractivity contribution in [2.75, 3.05) is 6.54 Å². The summed E-state index contributed by atoms with van der Waals surface area (Å²) in [4.78, 5) is 0. The Morgan fingerprint density at radius 1 is 0.950 bits per heavy atom. The molecule has 1 fully saturated rings. The molecule has 0 radical (unpaired) electrons. The first-order chi connectivity index (χ1) is 9.83. The lowest BCUT2D eigenvalue weighted by Gasteiger charge is -2.37. The van der Waals surface area contributed by atoms with Gasteiger partial charge in [-0.2, -0.15) is 0 Å². The van der Waals surface area contributed by atoms with E-state index in [0.717, 1.165) is 18.0 Å². The number of nitrogens with one attached hydrogen (secondary N) is 1. The summed E-state index contributed by atoms with van der Waals surface area (Å²) in [7, 11) is 0. The zero-order valence-electron chi connectivity index (χ0n) is 11.6. The molecule has 0 spiro atoms. The molecule has 0 aromatic heterocycles. The second-order valence-corrected chi connectivity index (χ2v) is 5.98. The molecule has 1 nitrogen and oxygen atoms in total. The molecule has 1 N–H and O–H groups in total. The van der Waals surface area contributed by atoms with E-state index in [4.69, 9.17) is 11.6 Å². The number of rotatable bonds is 5. The minimum Gasteiger partial charge on any atom is -0.314 e. The molecular weight excluding hydrogens is 266 g/mol. The van der Waals surface area contributed by atoms with Gasteiger partial charge in [-0.3, -0.25) is 0 Å². The number of hydrogen-bond donors (Lipinski definition) is 1. The average Bonchev–Trinajstić information content (AvgIpc) is 2.44. The fraction of sp³-hybridized carbons (Fsp3) is 0.333. The number of benzene rings is 2. The molecule has 1 aliphatic carbocycles. The largest absolute Gasteiger partial charge is 0.314 e. The maximum Gasteiger partial charge on any atom is 0.0440 e. The number of hydrogen-bond acceptors (Lipinski definition) is 1. The fourth-order valence-corrected chi connectivity index (χ4v) is 3.20. The van der Waals surface area contributed by atoms with Crippen LogP contribution < -0.4 is 5.32 Å². The summed E-state index contributed by atoms with van der Waals surface area (Å²) < 4.78 is 0. The van der Waals surface area contributed by atoms with E-state index in [1.807, 2.05) is 12.1 Å². The molecule has 104 valence electrons. The highest BCUT2D eigenvalue weighted by molar-refractivity contribution is 6.31. The van der Waals surface area contributed by atoms with Crippen LogP contribution in [0.4, 0.5) is 0 Å². The third-order valence-corrected chi connectivity index (χ3v) is 4.52. The lowest BCUT2D eigenvalue weighted by Crippen LogP contribution is -2.41. The summed E-state index contributed by atoms with van der Waals surface area (Å²) in [6.45, 7) is 1.06. The predicted octanol–water partition coefficient (Wildman–Crippen LogP) is 4.42. The molecular formula is C18H20ClN.